The van der Waals surface area contributed by atoms with Crippen LogP contribution in [0.5, 0.6) is 0 Å². The van der Waals surface area contributed by atoms with E-state index in [0.717, 1.165) is 50.8 Å². The molecule has 0 radical (unpaired) electrons. The van der Waals surface area contributed by atoms with Crippen molar-refractivity contribution < 1.29 is 14.3 Å². The molecule has 7 heteroatoms. The summed E-state index contributed by atoms with van der Waals surface area (Å²) in [6.07, 6.45) is 6.12. The van der Waals surface area contributed by atoms with E-state index in [1.54, 1.807) is 0 Å². The van der Waals surface area contributed by atoms with Gasteiger partial charge in [0.25, 0.3) is 5.56 Å². The maximum absolute atomic E-state index is 15.2. The molecule has 3 fully saturated rings. The number of halogens is 1. The van der Waals surface area contributed by atoms with Crippen LogP contribution in [0.1, 0.15) is 59.5 Å². The maximum Gasteiger partial charge on any atom is 0.341 e. The van der Waals surface area contributed by atoms with Crippen LogP contribution < -0.4 is 16.2 Å². The summed E-state index contributed by atoms with van der Waals surface area (Å²) in [5, 5.41) is 9.41. The van der Waals surface area contributed by atoms with Crippen molar-refractivity contribution in [1.29, 1.82) is 0 Å². The first-order valence-electron chi connectivity index (χ1n) is 9.94. The Bertz CT molecular complexity index is 1070. The average molecular weight is 385 g/mol. The highest BCUT2D eigenvalue weighted by molar-refractivity contribution is 5.89. The fourth-order valence-corrected chi connectivity index (χ4v) is 5.09. The number of piperidine rings is 1. The van der Waals surface area contributed by atoms with Crippen molar-refractivity contribution >= 4 is 17.2 Å². The molecule has 1 aliphatic heterocycles. The van der Waals surface area contributed by atoms with Crippen molar-refractivity contribution in [2.45, 2.75) is 51.0 Å². The normalized spacial score (nSPS) is 26.8. The average Bonchev–Trinajstić information content (AvgIpc) is 3.55. The van der Waals surface area contributed by atoms with E-state index in [0.29, 0.717) is 16.8 Å². The number of carboxylic acid groups (broad SMARTS) is 1. The molecule has 3 heterocycles. The Labute approximate surface area is 161 Å². The van der Waals surface area contributed by atoms with Crippen LogP contribution in [0.2, 0.25) is 0 Å². The van der Waals surface area contributed by atoms with Gasteiger partial charge in [-0.3, -0.25) is 9.20 Å². The first-order chi connectivity index (χ1) is 13.3. The number of aromatic carboxylic acids is 1. The number of pyridine rings is 2. The molecule has 2 unspecified atom stereocenters. The third-order valence-electron chi connectivity index (χ3n) is 6.87. The number of aryl methyl sites for hydroxylation is 1. The number of rotatable bonds is 3. The van der Waals surface area contributed by atoms with Crippen molar-refractivity contribution in [2.24, 2.45) is 11.1 Å². The van der Waals surface area contributed by atoms with E-state index >= 15 is 4.39 Å². The standard InChI is InChI=1S/C21H24FN3O3/c1-11-17-13(12-3-4-12)7-14(20(27)28)19(26)25(17)9-15(22)18(11)24-6-2-5-21(10-24)8-16(21)23/h7,9,12,16H,2-6,8,10,23H2,1H3,(H,27,28). The summed E-state index contributed by atoms with van der Waals surface area (Å²) in [4.78, 5) is 26.3. The molecule has 0 bridgehead atoms. The molecule has 1 spiro atoms. The van der Waals surface area contributed by atoms with Crippen molar-refractivity contribution in [2.75, 3.05) is 18.0 Å². The van der Waals surface area contributed by atoms with E-state index in [4.69, 9.17) is 5.73 Å². The van der Waals surface area contributed by atoms with Gasteiger partial charge in [-0.25, -0.2) is 9.18 Å². The Morgan fingerprint density at radius 1 is 1.39 bits per heavy atom. The molecule has 1 saturated heterocycles. The second-order valence-corrected chi connectivity index (χ2v) is 8.77. The molecule has 2 aromatic rings. The van der Waals surface area contributed by atoms with E-state index in [1.165, 1.54) is 16.7 Å². The molecule has 148 valence electrons. The van der Waals surface area contributed by atoms with Gasteiger partial charge < -0.3 is 15.7 Å². The highest BCUT2D eigenvalue weighted by Crippen LogP contribution is 2.52. The number of carbonyl (C=O) groups is 1. The van der Waals surface area contributed by atoms with E-state index in [2.05, 4.69) is 4.90 Å². The molecule has 0 aromatic carbocycles. The minimum absolute atomic E-state index is 0.0927. The Balaban J connectivity index is 1.72. The summed E-state index contributed by atoms with van der Waals surface area (Å²) >= 11 is 0. The van der Waals surface area contributed by atoms with Crippen molar-refractivity contribution in [1.82, 2.24) is 4.40 Å². The monoisotopic (exact) mass is 385 g/mol. The molecule has 5 rings (SSSR count). The first-order valence-corrected chi connectivity index (χ1v) is 9.94. The second kappa shape index (κ2) is 5.80. The molecule has 2 aromatic heterocycles. The highest BCUT2D eigenvalue weighted by Gasteiger charge is 2.54. The van der Waals surface area contributed by atoms with Crippen molar-refractivity contribution in [3.8, 4) is 0 Å². The zero-order valence-electron chi connectivity index (χ0n) is 15.9. The minimum atomic E-state index is -1.27. The number of fused-ring (bicyclic) bond motifs is 1. The Kier molecular flexibility index (Phi) is 3.66. The maximum atomic E-state index is 15.2. The van der Waals surface area contributed by atoms with E-state index in [1.807, 2.05) is 6.92 Å². The number of nitrogens with zero attached hydrogens (tertiary/aromatic N) is 2. The van der Waals surface area contributed by atoms with Gasteiger partial charge in [0.15, 0.2) is 5.82 Å². The number of carboxylic acids is 1. The lowest BCUT2D eigenvalue weighted by Crippen LogP contribution is -2.40. The van der Waals surface area contributed by atoms with Crippen LogP contribution in [0, 0.1) is 18.2 Å². The Hall–Kier alpha value is -2.41. The summed E-state index contributed by atoms with van der Waals surface area (Å²) in [6.45, 7) is 3.34. The molecular formula is C21H24FN3O3. The molecule has 0 amide bonds. The zero-order valence-corrected chi connectivity index (χ0v) is 15.9. The van der Waals surface area contributed by atoms with Crippen LogP contribution in [0.4, 0.5) is 10.1 Å². The van der Waals surface area contributed by atoms with Gasteiger partial charge in [-0.1, -0.05) is 0 Å². The van der Waals surface area contributed by atoms with Crippen molar-refractivity contribution in [3.05, 3.63) is 45.1 Å². The minimum Gasteiger partial charge on any atom is -0.477 e. The molecule has 2 aliphatic carbocycles. The van der Waals surface area contributed by atoms with Gasteiger partial charge in [0.2, 0.25) is 0 Å². The lowest BCUT2D eigenvalue weighted by Gasteiger charge is -2.36. The van der Waals surface area contributed by atoms with Crippen LogP contribution in [0.15, 0.2) is 17.1 Å². The van der Waals surface area contributed by atoms with Gasteiger partial charge in [-0.2, -0.15) is 0 Å². The topological polar surface area (TPSA) is 88.0 Å². The van der Waals surface area contributed by atoms with Gasteiger partial charge in [-0.05, 0) is 62.1 Å². The number of nitrogens with two attached hydrogens (primary N) is 1. The quantitative estimate of drug-likeness (QED) is 0.848. The van der Waals surface area contributed by atoms with Crippen molar-refractivity contribution in [3.63, 3.8) is 0 Å². The fourth-order valence-electron chi connectivity index (χ4n) is 5.09. The van der Waals surface area contributed by atoms with Gasteiger partial charge in [0, 0.05) is 24.5 Å². The van der Waals surface area contributed by atoms with Gasteiger partial charge in [-0.15, -0.1) is 0 Å². The van der Waals surface area contributed by atoms with Gasteiger partial charge >= 0.3 is 5.97 Å². The summed E-state index contributed by atoms with van der Waals surface area (Å²) in [5.41, 5.74) is 8.01. The summed E-state index contributed by atoms with van der Waals surface area (Å²) in [7, 11) is 0. The molecule has 3 aliphatic rings. The van der Waals surface area contributed by atoms with Gasteiger partial charge in [0.1, 0.15) is 5.56 Å². The highest BCUT2D eigenvalue weighted by atomic mass is 19.1. The predicted molar refractivity (Wildman–Crippen MR) is 104 cm³/mol. The molecule has 2 saturated carbocycles. The summed E-state index contributed by atoms with van der Waals surface area (Å²) < 4.78 is 16.4. The number of aromatic nitrogens is 1. The molecule has 2 atom stereocenters. The van der Waals surface area contributed by atoms with Crippen LogP contribution in [-0.2, 0) is 0 Å². The molecule has 28 heavy (non-hydrogen) atoms. The number of hydrogen-bond donors (Lipinski definition) is 2. The molecule has 6 nitrogen and oxygen atoms in total. The van der Waals surface area contributed by atoms with Crippen LogP contribution in [0.3, 0.4) is 0 Å². The van der Waals surface area contributed by atoms with Crippen LogP contribution >= 0.6 is 0 Å². The van der Waals surface area contributed by atoms with Crippen LogP contribution in [-0.4, -0.2) is 34.6 Å². The van der Waals surface area contributed by atoms with Gasteiger partial charge in [0.05, 0.1) is 17.4 Å². The van der Waals surface area contributed by atoms with E-state index < -0.39 is 17.3 Å². The Morgan fingerprint density at radius 3 is 2.71 bits per heavy atom. The lowest BCUT2D eigenvalue weighted by atomic mass is 9.93. The first kappa shape index (κ1) is 17.7. The lowest BCUT2D eigenvalue weighted by molar-refractivity contribution is 0.0694. The zero-order chi connectivity index (χ0) is 19.8. The summed E-state index contributed by atoms with van der Waals surface area (Å²) in [6, 6.07) is 1.68. The van der Waals surface area contributed by atoms with E-state index in [9.17, 15) is 14.7 Å². The molecular weight excluding hydrogens is 361 g/mol. The third-order valence-corrected chi connectivity index (χ3v) is 6.87. The fraction of sp³-hybridized carbons (Fsp3) is 0.524. The second-order valence-electron chi connectivity index (χ2n) is 8.77. The smallest absolute Gasteiger partial charge is 0.341 e. The SMILES string of the molecule is Cc1c(N2CCCC3(CC3N)C2)c(F)cn2c(=O)c(C(=O)O)cc(C3CC3)c12. The Morgan fingerprint density at radius 2 is 2.11 bits per heavy atom. The molecule has 3 N–H and O–H groups in total. The predicted octanol–water partition coefficient (Wildman–Crippen LogP) is 2.64. The van der Waals surface area contributed by atoms with E-state index in [-0.39, 0.29) is 22.9 Å². The number of hydrogen-bond acceptors (Lipinski definition) is 4. The van der Waals surface area contributed by atoms with Crippen LogP contribution in [0.25, 0.3) is 5.52 Å². The summed E-state index contributed by atoms with van der Waals surface area (Å²) in [5.74, 6) is -1.53. The number of anilines is 1. The largest absolute Gasteiger partial charge is 0.477 e. The third kappa shape index (κ3) is 2.49.